The molecule has 1 fully saturated rings. The molecule has 1 aliphatic heterocycles. The van der Waals surface area contributed by atoms with Crippen molar-refractivity contribution in [2.75, 3.05) is 12.6 Å². The number of rotatable bonds is 2. The second kappa shape index (κ2) is 5.12. The maximum Gasteiger partial charge on any atom is 0.118 e. The average molecular weight is 312 g/mol. The van der Waals surface area contributed by atoms with Gasteiger partial charge in [0.1, 0.15) is 5.75 Å². The first kappa shape index (κ1) is 12.5. The van der Waals surface area contributed by atoms with E-state index in [1.165, 1.54) is 5.30 Å². The minimum atomic E-state index is -1.46. The van der Waals surface area contributed by atoms with E-state index >= 15 is 0 Å². The summed E-state index contributed by atoms with van der Waals surface area (Å²) < 4.78 is 3.68. The highest BCUT2D eigenvalue weighted by Gasteiger charge is 2.28. The van der Waals surface area contributed by atoms with Gasteiger partial charge in [-0.25, -0.2) is 0 Å². The van der Waals surface area contributed by atoms with E-state index in [4.69, 9.17) is 28.4 Å². The molecule has 0 amide bonds. The van der Waals surface area contributed by atoms with Crippen LogP contribution in [-0.2, 0) is 23.6 Å². The predicted molar refractivity (Wildman–Crippen MR) is 82.6 cm³/mol. The van der Waals surface area contributed by atoms with E-state index in [-0.39, 0.29) is 0 Å². The minimum absolute atomic E-state index is 0.649. The monoisotopic (exact) mass is 312 g/mol. The minimum Gasteiger partial charge on any atom is -0.497 e. The molecule has 0 aliphatic carbocycles. The zero-order valence-electron chi connectivity index (χ0n) is 8.00. The summed E-state index contributed by atoms with van der Waals surface area (Å²) in [6.07, 6.45) is 0. The smallest absolute Gasteiger partial charge is 0.118 e. The molecule has 1 nitrogen and oxygen atoms in total. The van der Waals surface area contributed by atoms with Crippen molar-refractivity contribution in [2.45, 2.75) is 0 Å². The van der Waals surface area contributed by atoms with Crippen molar-refractivity contribution in [2.24, 2.45) is 0 Å². The lowest BCUT2D eigenvalue weighted by Gasteiger charge is -2.13. The van der Waals surface area contributed by atoms with Gasteiger partial charge in [0.25, 0.3) is 0 Å². The second-order valence-corrected chi connectivity index (χ2v) is 20.5. The van der Waals surface area contributed by atoms with Gasteiger partial charge in [-0.15, -0.1) is 11.4 Å². The molecule has 2 unspecified atom stereocenters. The molecule has 0 aromatic heterocycles. The van der Waals surface area contributed by atoms with Gasteiger partial charge < -0.3 is 4.74 Å². The highest BCUT2D eigenvalue weighted by molar-refractivity contribution is 9.19. The zero-order valence-corrected chi connectivity index (χ0v) is 13.2. The van der Waals surface area contributed by atoms with E-state index in [0.717, 1.165) is 11.2 Å². The number of methoxy groups -OCH3 is 1. The first-order valence-electron chi connectivity index (χ1n) is 4.26. The first-order valence-corrected chi connectivity index (χ1v) is 13.6. The van der Waals surface area contributed by atoms with Crippen molar-refractivity contribution in [3.63, 3.8) is 0 Å². The summed E-state index contributed by atoms with van der Waals surface area (Å²) in [7, 11) is 1.68. The molecule has 1 aromatic carbocycles. The molecular weight excluding hydrogens is 302 g/mol. The molecule has 0 spiro atoms. The largest absolute Gasteiger partial charge is 0.497 e. The molecule has 1 heterocycles. The lowest BCUT2D eigenvalue weighted by Crippen LogP contribution is -1.97. The van der Waals surface area contributed by atoms with Crippen LogP contribution in [0.15, 0.2) is 24.3 Å². The highest BCUT2D eigenvalue weighted by atomic mass is 33.4. The summed E-state index contributed by atoms with van der Waals surface area (Å²) in [5.74, 6) is 0.239. The number of benzene rings is 1. The molecule has 1 aromatic rings. The maximum absolute atomic E-state index is 5.74. The Morgan fingerprint density at radius 3 is 2.53 bits per heavy atom. The summed E-state index contributed by atoms with van der Waals surface area (Å²) in [5, 5.41) is 1.28. The molecule has 82 valence electrons. The summed E-state index contributed by atoms with van der Waals surface area (Å²) in [4.78, 5) is 0. The second-order valence-electron chi connectivity index (χ2n) is 2.93. The topological polar surface area (TPSA) is 9.23 Å². The van der Waals surface area contributed by atoms with Crippen LogP contribution in [-0.4, -0.2) is 12.6 Å². The molecule has 0 N–H and O–H groups in total. The normalized spacial score (nSPS) is 30.3. The van der Waals surface area contributed by atoms with E-state index in [2.05, 4.69) is 12.1 Å². The Bertz CT molecular complexity index is 431. The third-order valence-electron chi connectivity index (χ3n) is 1.96. The third-order valence-corrected chi connectivity index (χ3v) is 24.6. The molecule has 1 saturated heterocycles. The Morgan fingerprint density at radius 1 is 1.40 bits per heavy atom. The van der Waals surface area contributed by atoms with E-state index in [9.17, 15) is 0 Å². The van der Waals surface area contributed by atoms with Crippen molar-refractivity contribution < 1.29 is 4.74 Å². The predicted octanol–water partition coefficient (Wildman–Crippen LogP) is 3.66. The van der Waals surface area contributed by atoms with Gasteiger partial charge in [0.2, 0.25) is 0 Å². The number of hydrogen-bond acceptors (Lipinski definition) is 5. The van der Waals surface area contributed by atoms with Crippen LogP contribution in [0.1, 0.15) is 0 Å². The fourth-order valence-corrected chi connectivity index (χ4v) is 32.2. The highest BCUT2D eigenvalue weighted by Crippen LogP contribution is 2.83. The van der Waals surface area contributed by atoms with Gasteiger partial charge in [-0.1, -0.05) is 34.6 Å². The molecular formula is C8H10OP2S4. The third kappa shape index (κ3) is 2.83. The maximum atomic E-state index is 5.74. The summed E-state index contributed by atoms with van der Waals surface area (Å²) in [6.45, 7) is 0. The number of ether oxygens (including phenoxy) is 1. The fourth-order valence-electron chi connectivity index (χ4n) is 1.22. The number of hydrogen-bond donors (Lipinski definition) is 0. The fraction of sp³-hybridized carbons (Fsp3) is 0.250. The molecule has 7 heteroatoms. The Labute approximate surface area is 108 Å². The Morgan fingerprint density at radius 2 is 2.07 bits per heavy atom. The van der Waals surface area contributed by atoms with Gasteiger partial charge in [-0.05, 0) is 24.3 Å². The first-order chi connectivity index (χ1) is 7.14. The van der Waals surface area contributed by atoms with E-state index < -0.39 is 10.3 Å². The Kier molecular flexibility index (Phi) is 4.26. The van der Waals surface area contributed by atoms with Crippen LogP contribution < -0.4 is 10.0 Å². The van der Waals surface area contributed by atoms with Crippen LogP contribution in [0.2, 0.25) is 0 Å². The van der Waals surface area contributed by atoms with Gasteiger partial charge in [0.05, 0.1) is 11.6 Å². The van der Waals surface area contributed by atoms with E-state index in [1.807, 2.05) is 34.5 Å². The quantitative estimate of drug-likeness (QED) is 0.768. The van der Waals surface area contributed by atoms with Crippen LogP contribution in [0.25, 0.3) is 0 Å². The van der Waals surface area contributed by atoms with Gasteiger partial charge in [-0.3, -0.25) is 0 Å². The Hall–Kier alpha value is 1.02. The van der Waals surface area contributed by atoms with Crippen LogP contribution in [0.5, 0.6) is 5.75 Å². The summed E-state index contributed by atoms with van der Waals surface area (Å²) in [5.41, 5.74) is 1.11. The lowest BCUT2D eigenvalue weighted by atomic mass is 10.3. The summed E-state index contributed by atoms with van der Waals surface area (Å²) in [6, 6.07) is 8.15. The molecule has 0 bridgehead atoms. The van der Waals surface area contributed by atoms with E-state index in [1.54, 1.807) is 7.11 Å². The van der Waals surface area contributed by atoms with Crippen molar-refractivity contribution in [1.82, 2.24) is 0 Å². The van der Waals surface area contributed by atoms with Crippen molar-refractivity contribution >= 4 is 61.6 Å². The van der Waals surface area contributed by atoms with Crippen LogP contribution >= 0.6 is 32.7 Å². The van der Waals surface area contributed by atoms with Crippen LogP contribution in [0.4, 0.5) is 0 Å². The molecule has 0 radical (unpaired) electrons. The molecule has 0 saturated carbocycles. The van der Waals surface area contributed by atoms with Gasteiger partial charge in [0, 0.05) is 16.7 Å². The van der Waals surface area contributed by atoms with Crippen molar-refractivity contribution in [3.8, 4) is 5.75 Å². The Balaban J connectivity index is 2.30. The van der Waals surface area contributed by atoms with Gasteiger partial charge in [0.15, 0.2) is 0 Å². The van der Waals surface area contributed by atoms with Gasteiger partial charge >= 0.3 is 0 Å². The average Bonchev–Trinajstić information content (AvgIpc) is 2.60. The van der Waals surface area contributed by atoms with Gasteiger partial charge in [-0.2, -0.15) is 0 Å². The molecule has 2 atom stereocenters. The van der Waals surface area contributed by atoms with Crippen LogP contribution in [0, 0.1) is 0 Å². The van der Waals surface area contributed by atoms with Crippen molar-refractivity contribution in [1.29, 1.82) is 0 Å². The van der Waals surface area contributed by atoms with Crippen molar-refractivity contribution in [3.05, 3.63) is 24.3 Å². The van der Waals surface area contributed by atoms with Crippen LogP contribution in [0.3, 0.4) is 0 Å². The SMILES string of the molecule is COc1ccc(P2(=S)SC[PH](=S)S2)cc1. The standard InChI is InChI=1S/C8H10OP2S4/c1-9-7-2-4-8(5-3-7)11(13)14-6-10(12)15-11/h2-5,10H,6H2,1H3. The summed E-state index contributed by atoms with van der Waals surface area (Å²) >= 11 is 14.9. The zero-order chi connectivity index (χ0) is 10.9. The van der Waals surface area contributed by atoms with E-state index in [0.29, 0.717) is 0 Å². The molecule has 2 rings (SSSR count). The molecule has 1 aliphatic rings. The molecule has 15 heavy (non-hydrogen) atoms. The lowest BCUT2D eigenvalue weighted by molar-refractivity contribution is 0.415.